The van der Waals surface area contributed by atoms with Gasteiger partial charge in [0.2, 0.25) is 5.91 Å². The molecule has 0 aliphatic heterocycles. The summed E-state index contributed by atoms with van der Waals surface area (Å²) in [6.45, 7) is 0.228. The van der Waals surface area contributed by atoms with E-state index in [1.165, 1.54) is 25.3 Å². The molecule has 0 aromatic heterocycles. The molecule has 0 bridgehead atoms. The first-order valence-electron chi connectivity index (χ1n) is 9.48. The van der Waals surface area contributed by atoms with Gasteiger partial charge in [-0.3, -0.25) is 19.7 Å². The average molecular weight is 397 g/mol. The monoisotopic (exact) mass is 397 g/mol. The topological polar surface area (TPSA) is 111 Å². The first-order valence-corrected chi connectivity index (χ1v) is 9.48. The number of hydrogen-bond acceptors (Lipinski definition) is 5. The zero-order valence-corrected chi connectivity index (χ0v) is 16.1. The summed E-state index contributed by atoms with van der Waals surface area (Å²) in [6, 6.07) is 11.3. The molecular formula is C21H23N3O5. The maximum absolute atomic E-state index is 12.4. The lowest BCUT2D eigenvalue weighted by Crippen LogP contribution is -2.23. The highest BCUT2D eigenvalue weighted by atomic mass is 16.6. The Morgan fingerprint density at radius 1 is 1.17 bits per heavy atom. The van der Waals surface area contributed by atoms with Crippen molar-refractivity contribution in [1.29, 1.82) is 0 Å². The highest BCUT2D eigenvalue weighted by Gasteiger charge is 2.22. The van der Waals surface area contributed by atoms with E-state index in [-0.39, 0.29) is 35.4 Å². The molecule has 1 fully saturated rings. The van der Waals surface area contributed by atoms with E-state index in [4.69, 9.17) is 4.74 Å². The Kier molecular flexibility index (Phi) is 6.43. The Morgan fingerprint density at radius 2 is 1.93 bits per heavy atom. The Balaban J connectivity index is 1.62. The van der Waals surface area contributed by atoms with Crippen molar-refractivity contribution < 1.29 is 19.2 Å². The molecule has 8 nitrogen and oxygen atoms in total. The summed E-state index contributed by atoms with van der Waals surface area (Å²) in [5.41, 5.74) is 1.40. The van der Waals surface area contributed by atoms with Crippen molar-refractivity contribution in [3.05, 3.63) is 63.7 Å². The molecule has 0 heterocycles. The Labute approximate surface area is 168 Å². The third-order valence-electron chi connectivity index (χ3n) is 5.01. The number of rotatable bonds is 7. The second-order valence-electron chi connectivity index (χ2n) is 7.00. The number of ether oxygens (including phenoxy) is 1. The van der Waals surface area contributed by atoms with Gasteiger partial charge in [-0.25, -0.2) is 0 Å². The standard InChI is InChI=1S/C21H23N3O5/c1-29-19-10-9-16(12-18(19)24(27)28)20(25)22-13-14-5-4-8-17(11-14)23-21(26)15-6-2-3-7-15/h4-5,8-12,15H,2-3,6-7,13H2,1H3,(H,22,25)(H,23,26). The third kappa shape index (κ3) is 5.10. The number of methoxy groups -OCH3 is 1. The zero-order valence-electron chi connectivity index (χ0n) is 16.1. The molecular weight excluding hydrogens is 374 g/mol. The number of nitro benzene ring substituents is 1. The summed E-state index contributed by atoms with van der Waals surface area (Å²) < 4.78 is 4.94. The Morgan fingerprint density at radius 3 is 2.62 bits per heavy atom. The molecule has 3 rings (SSSR count). The van der Waals surface area contributed by atoms with Gasteiger partial charge in [0, 0.05) is 29.8 Å². The fourth-order valence-corrected chi connectivity index (χ4v) is 3.45. The number of nitrogens with one attached hydrogen (secondary N) is 2. The van der Waals surface area contributed by atoms with E-state index in [2.05, 4.69) is 10.6 Å². The number of hydrogen-bond donors (Lipinski definition) is 2. The molecule has 2 amide bonds. The molecule has 29 heavy (non-hydrogen) atoms. The van der Waals surface area contributed by atoms with Crippen molar-refractivity contribution in [1.82, 2.24) is 5.32 Å². The van der Waals surface area contributed by atoms with Gasteiger partial charge in [0.05, 0.1) is 12.0 Å². The molecule has 2 aromatic rings. The molecule has 1 saturated carbocycles. The quantitative estimate of drug-likeness (QED) is 0.547. The number of benzene rings is 2. The number of carbonyl (C=O) groups is 2. The van der Waals surface area contributed by atoms with Gasteiger partial charge in [-0.1, -0.05) is 25.0 Å². The molecule has 0 spiro atoms. The highest BCUT2D eigenvalue weighted by molar-refractivity contribution is 5.95. The Bertz CT molecular complexity index is 922. The van der Waals surface area contributed by atoms with Crippen molar-refractivity contribution >= 4 is 23.2 Å². The predicted octanol–water partition coefficient (Wildman–Crippen LogP) is 3.66. The maximum Gasteiger partial charge on any atom is 0.311 e. The van der Waals surface area contributed by atoms with Crippen LogP contribution in [0.3, 0.4) is 0 Å². The third-order valence-corrected chi connectivity index (χ3v) is 5.01. The van der Waals surface area contributed by atoms with Crippen LogP contribution in [0.1, 0.15) is 41.6 Å². The minimum atomic E-state index is -0.591. The van der Waals surface area contributed by atoms with Crippen LogP contribution in [-0.2, 0) is 11.3 Å². The smallest absolute Gasteiger partial charge is 0.311 e. The first-order chi connectivity index (χ1) is 14.0. The predicted molar refractivity (Wildman–Crippen MR) is 108 cm³/mol. The number of amides is 2. The SMILES string of the molecule is COc1ccc(C(=O)NCc2cccc(NC(=O)C3CCCC3)c2)cc1[N+](=O)[O-]. The average Bonchev–Trinajstić information content (AvgIpc) is 3.27. The first kappa shape index (κ1) is 20.3. The van der Waals surface area contributed by atoms with E-state index < -0.39 is 10.8 Å². The van der Waals surface area contributed by atoms with Crippen LogP contribution in [-0.4, -0.2) is 23.8 Å². The van der Waals surface area contributed by atoms with Gasteiger partial charge in [0.15, 0.2) is 5.75 Å². The van der Waals surface area contributed by atoms with Crippen LogP contribution in [0.15, 0.2) is 42.5 Å². The maximum atomic E-state index is 12.4. The molecule has 0 atom stereocenters. The fourth-order valence-electron chi connectivity index (χ4n) is 3.45. The molecule has 2 aromatic carbocycles. The molecule has 0 radical (unpaired) electrons. The van der Waals surface area contributed by atoms with Crippen LogP contribution in [0.4, 0.5) is 11.4 Å². The van der Waals surface area contributed by atoms with E-state index in [1.807, 2.05) is 24.3 Å². The number of nitro groups is 1. The lowest BCUT2D eigenvalue weighted by molar-refractivity contribution is -0.385. The van der Waals surface area contributed by atoms with E-state index in [0.29, 0.717) is 5.69 Å². The van der Waals surface area contributed by atoms with E-state index in [9.17, 15) is 19.7 Å². The van der Waals surface area contributed by atoms with Gasteiger partial charge < -0.3 is 15.4 Å². The van der Waals surface area contributed by atoms with Crippen molar-refractivity contribution in [3.63, 3.8) is 0 Å². The largest absolute Gasteiger partial charge is 0.490 e. The molecule has 1 aliphatic rings. The van der Waals surface area contributed by atoms with Gasteiger partial charge >= 0.3 is 5.69 Å². The van der Waals surface area contributed by atoms with Gasteiger partial charge in [0.1, 0.15) is 0 Å². The van der Waals surface area contributed by atoms with Gasteiger partial charge in [0.25, 0.3) is 5.91 Å². The summed E-state index contributed by atoms with van der Waals surface area (Å²) in [7, 11) is 1.33. The van der Waals surface area contributed by atoms with Crippen molar-refractivity contribution in [2.75, 3.05) is 12.4 Å². The van der Waals surface area contributed by atoms with Crippen molar-refractivity contribution in [2.45, 2.75) is 32.2 Å². The molecule has 152 valence electrons. The summed E-state index contributed by atoms with van der Waals surface area (Å²) >= 11 is 0. The lowest BCUT2D eigenvalue weighted by atomic mass is 10.1. The second-order valence-corrected chi connectivity index (χ2v) is 7.00. The van der Waals surface area contributed by atoms with Crippen molar-refractivity contribution in [3.8, 4) is 5.75 Å². The van der Waals surface area contributed by atoms with Crippen LogP contribution >= 0.6 is 0 Å². The lowest BCUT2D eigenvalue weighted by Gasteiger charge is -2.12. The van der Waals surface area contributed by atoms with Crippen LogP contribution < -0.4 is 15.4 Å². The number of anilines is 1. The molecule has 2 N–H and O–H groups in total. The molecule has 0 unspecified atom stereocenters. The molecule has 1 aliphatic carbocycles. The van der Waals surface area contributed by atoms with E-state index in [0.717, 1.165) is 31.2 Å². The number of nitrogens with zero attached hydrogens (tertiary/aromatic N) is 1. The number of carbonyl (C=O) groups excluding carboxylic acids is 2. The molecule has 8 heteroatoms. The van der Waals surface area contributed by atoms with E-state index >= 15 is 0 Å². The second kappa shape index (κ2) is 9.18. The normalized spacial score (nSPS) is 13.7. The molecule has 0 saturated heterocycles. The minimum absolute atomic E-state index is 0.0363. The van der Waals surface area contributed by atoms with Gasteiger partial charge in [-0.15, -0.1) is 0 Å². The van der Waals surface area contributed by atoms with Gasteiger partial charge in [-0.05, 0) is 42.7 Å². The minimum Gasteiger partial charge on any atom is -0.490 e. The van der Waals surface area contributed by atoms with Crippen LogP contribution in [0.25, 0.3) is 0 Å². The summed E-state index contributed by atoms with van der Waals surface area (Å²) in [5, 5.41) is 16.8. The summed E-state index contributed by atoms with van der Waals surface area (Å²) in [5.74, 6) is -0.230. The summed E-state index contributed by atoms with van der Waals surface area (Å²) in [6.07, 6.45) is 4.03. The zero-order chi connectivity index (χ0) is 20.8. The van der Waals surface area contributed by atoms with E-state index in [1.54, 1.807) is 0 Å². The van der Waals surface area contributed by atoms with Crippen LogP contribution in [0, 0.1) is 16.0 Å². The fraction of sp³-hybridized carbons (Fsp3) is 0.333. The Hall–Kier alpha value is -3.42. The van der Waals surface area contributed by atoms with Crippen molar-refractivity contribution in [2.24, 2.45) is 5.92 Å². The highest BCUT2D eigenvalue weighted by Crippen LogP contribution is 2.28. The van der Waals surface area contributed by atoms with Crippen LogP contribution in [0.2, 0.25) is 0 Å². The summed E-state index contributed by atoms with van der Waals surface area (Å²) in [4.78, 5) is 35.2. The van der Waals surface area contributed by atoms with Gasteiger partial charge in [-0.2, -0.15) is 0 Å². The van der Waals surface area contributed by atoms with Crippen LogP contribution in [0.5, 0.6) is 5.75 Å².